The second-order valence-electron chi connectivity index (χ2n) is 31.7. The van der Waals surface area contributed by atoms with Crippen molar-refractivity contribution in [3.05, 3.63) is 402 Å². The van der Waals surface area contributed by atoms with E-state index >= 15 is 26.3 Å². The molecule has 4 unspecified atom stereocenters. The summed E-state index contributed by atoms with van der Waals surface area (Å²) in [6.07, 6.45) is 8.74. The molecule has 0 spiro atoms. The fourth-order valence-corrected chi connectivity index (χ4v) is 17.1. The minimum absolute atomic E-state index is 0.00199. The molecular formula is C95H73F8N19O12. The number of benzene rings is 7. The normalized spacial score (nSPS) is 13.4. The molecule has 12 N–H and O–H groups in total. The third kappa shape index (κ3) is 15.8. The molecule has 0 aliphatic rings. The average Bonchev–Trinajstić information content (AvgIpc) is 1.30. The lowest BCUT2D eigenvalue weighted by Crippen LogP contribution is -2.33. The minimum Gasteiger partial charge on any atom is -0.374 e. The zero-order valence-corrected chi connectivity index (χ0v) is 71.9. The molecule has 13 heterocycles. The van der Waals surface area contributed by atoms with Crippen LogP contribution in [0, 0.1) is 116 Å². The highest BCUT2D eigenvalue weighted by molar-refractivity contribution is 5.92. The fraction of sp³-hybridized carbons (Fsp3) is 0.147. The molecule has 676 valence electrons. The van der Waals surface area contributed by atoms with Crippen molar-refractivity contribution in [2.45, 2.75) is 91.6 Å². The van der Waals surface area contributed by atoms with E-state index in [-0.39, 0.29) is 67.2 Å². The predicted octanol–water partition coefficient (Wildman–Crippen LogP) is 15.1. The van der Waals surface area contributed by atoms with Crippen molar-refractivity contribution in [1.29, 1.82) is 0 Å². The van der Waals surface area contributed by atoms with E-state index in [9.17, 15) is 48.4 Å². The topological polar surface area (TPSA) is 470 Å². The van der Waals surface area contributed by atoms with Gasteiger partial charge < -0.3 is 78.4 Å². The monoisotopic (exact) mass is 1820 g/mol. The van der Waals surface area contributed by atoms with E-state index in [1.165, 1.54) is 86.3 Å². The van der Waals surface area contributed by atoms with Gasteiger partial charge in [-0.05, 0) is 230 Å². The van der Waals surface area contributed by atoms with Gasteiger partial charge in [-0.25, -0.2) is 54.3 Å². The lowest BCUT2D eigenvalue weighted by Gasteiger charge is -2.30. The summed E-state index contributed by atoms with van der Waals surface area (Å²) in [7, 11) is 0. The number of H-pyrrole nitrogens is 8. The second-order valence-corrected chi connectivity index (χ2v) is 31.7. The number of rotatable bonds is 16. The molecule has 4 atom stereocenters. The highest BCUT2D eigenvalue weighted by atomic mass is 19.2. The molecule has 7 aromatic carbocycles. The van der Waals surface area contributed by atoms with Gasteiger partial charge in [0.1, 0.15) is 75.3 Å². The largest absolute Gasteiger partial charge is 0.374 e. The van der Waals surface area contributed by atoms with Gasteiger partial charge >= 0.3 is 22.8 Å². The summed E-state index contributed by atoms with van der Waals surface area (Å²) < 4.78 is 140. The van der Waals surface area contributed by atoms with Gasteiger partial charge in [0.05, 0.1) is 125 Å². The zero-order valence-electron chi connectivity index (χ0n) is 71.9. The highest BCUT2D eigenvalue weighted by Crippen LogP contribution is 2.49. The van der Waals surface area contributed by atoms with Crippen LogP contribution >= 0.6 is 0 Å². The molecule has 0 aliphatic heterocycles. The summed E-state index contributed by atoms with van der Waals surface area (Å²) in [6, 6.07) is 32.8. The molecule has 0 saturated carbocycles. The van der Waals surface area contributed by atoms with Crippen LogP contribution < -0.4 is 22.8 Å². The van der Waals surface area contributed by atoms with Crippen molar-refractivity contribution in [2.75, 3.05) is 0 Å². The molecule has 39 heteroatoms. The highest BCUT2D eigenvalue weighted by Gasteiger charge is 2.47. The van der Waals surface area contributed by atoms with Gasteiger partial charge in [-0.2, -0.15) is 10.2 Å². The number of hydrogen-bond donors (Lipinski definition) is 12. The molecular weight excluding hydrogens is 1750 g/mol. The van der Waals surface area contributed by atoms with E-state index in [0.29, 0.717) is 118 Å². The number of nitrogens with one attached hydrogen (secondary N) is 8. The van der Waals surface area contributed by atoms with Crippen molar-refractivity contribution < 1.29 is 73.6 Å². The number of nitrogens with zero attached hydrogens (tertiary/aromatic N) is 11. The Balaban J connectivity index is 0.000000124. The predicted molar refractivity (Wildman–Crippen MR) is 469 cm³/mol. The number of aryl methyl sites for hydroxylation is 10. The van der Waals surface area contributed by atoms with Crippen LogP contribution in [0.1, 0.15) is 124 Å². The van der Waals surface area contributed by atoms with Crippen LogP contribution in [0.2, 0.25) is 0 Å². The quantitative estimate of drug-likeness (QED) is 0.0400. The summed E-state index contributed by atoms with van der Waals surface area (Å²) in [4.78, 5) is 90.9. The number of pyridine rings is 3. The SMILES string of the molecule is Cc1cc(F)c(C(O)(c2ccc(F)cn2)c2cc(-c3c(C)noc3C)cc3[nH]c(=O)[nH]c23)c(F)c1.Cc1ccc(C(O)(c2ccc(F)cn2)c2cc(-c3c(C)noc3C)cc3[nH]c(=O)[nH]c23)nc1.Cc1noc(C)c1-c1cc(C(O)(c2cccnn2)c2c(F)cccc2F)c2[nH]c(=O)[nH]c2c1.Cc1noc(C)c1-c1cc(C(O)(c2cnccn2)c2c(F)cccc2F)c2[nH]c(=O)[nH]c2c1. The first-order chi connectivity index (χ1) is 64.0. The third-order valence-electron chi connectivity index (χ3n) is 22.9. The first-order valence-electron chi connectivity index (χ1n) is 40.7. The van der Waals surface area contributed by atoms with E-state index < -0.39 is 108 Å². The second kappa shape index (κ2) is 34.7. The summed E-state index contributed by atoms with van der Waals surface area (Å²) in [5.41, 5.74) is -2.97. The van der Waals surface area contributed by atoms with Gasteiger partial charge in [0.25, 0.3) is 0 Å². The number of hydrogen-bond acceptors (Lipinski definition) is 23. The van der Waals surface area contributed by atoms with E-state index in [1.807, 2.05) is 19.9 Å². The maximum Gasteiger partial charge on any atom is 0.323 e. The summed E-state index contributed by atoms with van der Waals surface area (Å²) in [6.45, 7) is 17.3. The Kier molecular flexibility index (Phi) is 23.1. The van der Waals surface area contributed by atoms with Crippen LogP contribution in [0.5, 0.6) is 0 Å². The average molecular weight is 1820 g/mol. The number of aromatic nitrogens is 19. The fourth-order valence-electron chi connectivity index (χ4n) is 17.1. The lowest BCUT2D eigenvalue weighted by molar-refractivity contribution is 0.112. The molecule has 0 fully saturated rings. The Bertz CT molecular complexity index is 7790. The molecule has 134 heavy (non-hydrogen) atoms. The maximum atomic E-state index is 15.4. The van der Waals surface area contributed by atoms with Crippen LogP contribution in [0.25, 0.3) is 88.6 Å². The molecule has 0 aliphatic carbocycles. The lowest BCUT2D eigenvalue weighted by atomic mass is 9.80. The number of halogens is 8. The number of aromatic amines is 8. The standard InChI is InChI=1S/C25H19F3N4O3.C24H20FN5O3.2C23H17F2N5O3/c1-11-6-17(27)22(18(28)7-11)25(34,20-5-4-15(26)10-29-20)16-8-14(21-12(2)32-35-13(21)3)9-19-23(16)31-24(33)30-19;1-12-4-6-19(26-10-12)24(32,20-7-5-16(25)11-27-20)17-8-15(21-13(2)30-33-14(21)3)9-18-22(17)29-23(31)28-18;1-11-19(12(2)33-30-11)13-9-14(21-17(10-13)27-22(31)28-21)23(32,18-7-4-8-26-29-18)20-15(24)5-3-6-16(20)25;1-11-19(12(2)33-30-11)13-8-14(21-17(9-13)28-22(31)29-21)23(32,18-10-26-6-7-27-18)20-15(24)4-3-5-16(20)25/h4-10,34H,1-3H3,(H2,30,31,33);4-11,32H,1-3H3,(H2,28,29,31);3-10,32H,1-2H3,(H2,27,28,31);3-10,32H,1-2H3,(H2,28,29,31). The van der Waals surface area contributed by atoms with E-state index in [2.05, 4.69) is 95.6 Å². The number of fused-ring (bicyclic) bond motifs is 4. The van der Waals surface area contributed by atoms with Gasteiger partial charge in [-0.15, -0.1) is 0 Å². The summed E-state index contributed by atoms with van der Waals surface area (Å²) in [5.74, 6) is -5.23. The van der Waals surface area contributed by atoms with Crippen LogP contribution in [-0.2, 0) is 22.4 Å². The van der Waals surface area contributed by atoms with Crippen LogP contribution in [0.3, 0.4) is 0 Å². The van der Waals surface area contributed by atoms with Gasteiger partial charge in [-0.3, -0.25) is 24.9 Å². The van der Waals surface area contributed by atoms with Crippen LogP contribution in [-0.4, -0.2) is 116 Å². The number of aliphatic hydroxyl groups is 4. The number of imidazole rings is 4. The van der Waals surface area contributed by atoms with E-state index in [1.54, 1.807) is 91.1 Å². The van der Waals surface area contributed by atoms with E-state index in [0.717, 1.165) is 72.1 Å². The third-order valence-corrected chi connectivity index (χ3v) is 22.9. The van der Waals surface area contributed by atoms with Gasteiger partial charge in [0, 0.05) is 69.3 Å². The molecule has 20 rings (SSSR count). The van der Waals surface area contributed by atoms with Crippen molar-refractivity contribution >= 4 is 44.1 Å². The minimum atomic E-state index is -2.56. The van der Waals surface area contributed by atoms with Crippen LogP contribution in [0.15, 0.2) is 226 Å². The summed E-state index contributed by atoms with van der Waals surface area (Å²) >= 11 is 0. The molecule has 31 nitrogen and oxygen atoms in total. The smallest absolute Gasteiger partial charge is 0.323 e. The molecule has 13 aromatic heterocycles. The maximum absolute atomic E-state index is 15.4. The van der Waals surface area contributed by atoms with Crippen molar-refractivity contribution in [1.82, 2.24) is 95.6 Å². The van der Waals surface area contributed by atoms with Crippen molar-refractivity contribution in [3.8, 4) is 44.5 Å². The van der Waals surface area contributed by atoms with Crippen molar-refractivity contribution in [3.63, 3.8) is 0 Å². The molecule has 0 saturated heterocycles. The Morgan fingerprint density at radius 3 is 0.933 bits per heavy atom. The van der Waals surface area contributed by atoms with Crippen molar-refractivity contribution in [2.24, 2.45) is 0 Å². The Morgan fingerprint density at radius 1 is 0.299 bits per heavy atom. The zero-order chi connectivity index (χ0) is 95.1. The van der Waals surface area contributed by atoms with Gasteiger partial charge in [0.15, 0.2) is 22.4 Å². The summed E-state index contributed by atoms with van der Waals surface area (Å²) in [5, 5.41) is 72.3. The first kappa shape index (κ1) is 89.3. The van der Waals surface area contributed by atoms with Gasteiger partial charge in [-0.1, -0.05) is 38.8 Å². The van der Waals surface area contributed by atoms with E-state index in [4.69, 9.17) is 18.1 Å². The molecule has 0 bridgehead atoms. The van der Waals surface area contributed by atoms with Crippen LogP contribution in [0.4, 0.5) is 35.1 Å². The first-order valence-corrected chi connectivity index (χ1v) is 40.7. The molecule has 0 radical (unpaired) electrons. The molecule has 0 amide bonds. The Labute approximate surface area is 747 Å². The Hall–Kier alpha value is -16.7. The molecule has 20 aromatic rings. The van der Waals surface area contributed by atoms with Gasteiger partial charge in [0.2, 0.25) is 0 Å². The Morgan fingerprint density at radius 2 is 0.627 bits per heavy atom.